The predicted octanol–water partition coefficient (Wildman–Crippen LogP) is 2.80. The highest BCUT2D eigenvalue weighted by Crippen LogP contribution is 2.37. The highest BCUT2D eigenvalue weighted by Gasteiger charge is 2.41. The summed E-state index contributed by atoms with van der Waals surface area (Å²) in [5, 5.41) is 18.6. The van der Waals surface area contributed by atoms with Gasteiger partial charge >= 0.3 is 6.18 Å². The van der Waals surface area contributed by atoms with Crippen molar-refractivity contribution in [1.82, 2.24) is 16.0 Å². The number of alkyl halides is 3. The van der Waals surface area contributed by atoms with E-state index < -0.39 is 18.0 Å². The molecule has 1 aromatic carbocycles. The highest BCUT2D eigenvalue weighted by atomic mass is 19.4. The second-order valence-electron chi connectivity index (χ2n) is 6.77. The Kier molecular flexibility index (Phi) is 7.95. The molecule has 1 saturated carbocycles. The summed E-state index contributed by atoms with van der Waals surface area (Å²) >= 11 is 0. The lowest BCUT2D eigenvalue weighted by molar-refractivity contribution is -0.182. The van der Waals surface area contributed by atoms with Crippen molar-refractivity contribution in [2.45, 2.75) is 44.8 Å². The third-order valence-corrected chi connectivity index (χ3v) is 4.69. The molecule has 0 aliphatic heterocycles. The largest absolute Gasteiger partial charge is 0.507 e. The molecule has 1 aliphatic carbocycles. The molecule has 1 fully saturated rings. The van der Waals surface area contributed by atoms with Crippen molar-refractivity contribution < 1.29 is 23.1 Å². The fraction of sp³-hybridized carbons (Fsp3) is 0.579. The Labute approximate surface area is 162 Å². The average molecular weight is 400 g/mol. The zero-order valence-corrected chi connectivity index (χ0v) is 15.9. The Morgan fingerprint density at radius 1 is 1.18 bits per heavy atom. The first kappa shape index (κ1) is 21.8. The van der Waals surface area contributed by atoms with Crippen LogP contribution in [0.25, 0.3) is 0 Å². The number of aliphatic imine (C=N–C) groups is 1. The molecule has 6 nitrogen and oxygen atoms in total. The van der Waals surface area contributed by atoms with Crippen LogP contribution in [0.1, 0.15) is 43.0 Å². The van der Waals surface area contributed by atoms with Gasteiger partial charge in [0, 0.05) is 19.1 Å². The topological polar surface area (TPSA) is 85.8 Å². The van der Waals surface area contributed by atoms with E-state index >= 15 is 0 Å². The van der Waals surface area contributed by atoms with E-state index in [1.54, 1.807) is 12.1 Å². The minimum atomic E-state index is -4.12. The Morgan fingerprint density at radius 2 is 1.86 bits per heavy atom. The van der Waals surface area contributed by atoms with E-state index in [0.717, 1.165) is 0 Å². The van der Waals surface area contributed by atoms with Gasteiger partial charge in [-0.05, 0) is 44.7 Å². The molecule has 156 valence electrons. The monoisotopic (exact) mass is 400 g/mol. The number of guanidine groups is 1. The van der Waals surface area contributed by atoms with E-state index in [0.29, 0.717) is 31.9 Å². The molecule has 28 heavy (non-hydrogen) atoms. The number of amides is 1. The number of nitrogens with zero attached hydrogens (tertiary/aromatic N) is 1. The smallest absolute Gasteiger partial charge is 0.391 e. The maximum atomic E-state index is 12.8. The quantitative estimate of drug-likeness (QED) is 0.336. The van der Waals surface area contributed by atoms with Crippen LogP contribution in [0.3, 0.4) is 0 Å². The first-order chi connectivity index (χ1) is 13.3. The van der Waals surface area contributed by atoms with Crippen LogP contribution in [0.4, 0.5) is 13.2 Å². The van der Waals surface area contributed by atoms with Crippen LogP contribution in [-0.4, -0.2) is 48.8 Å². The van der Waals surface area contributed by atoms with Gasteiger partial charge in [0.05, 0.1) is 18.0 Å². The first-order valence-corrected chi connectivity index (χ1v) is 9.49. The normalized spacial score (nSPS) is 20.5. The number of nitrogens with one attached hydrogen (secondary N) is 3. The molecule has 0 heterocycles. The average Bonchev–Trinajstić information content (AvgIpc) is 2.65. The van der Waals surface area contributed by atoms with Crippen molar-refractivity contribution in [1.29, 1.82) is 0 Å². The fourth-order valence-corrected chi connectivity index (χ4v) is 3.18. The second-order valence-corrected chi connectivity index (χ2v) is 6.77. The molecule has 1 amide bonds. The van der Waals surface area contributed by atoms with Crippen LogP contribution in [0, 0.1) is 5.92 Å². The van der Waals surface area contributed by atoms with Crippen LogP contribution in [0.15, 0.2) is 29.3 Å². The van der Waals surface area contributed by atoms with E-state index in [9.17, 15) is 23.1 Å². The van der Waals surface area contributed by atoms with E-state index in [1.165, 1.54) is 12.1 Å². The van der Waals surface area contributed by atoms with Crippen molar-refractivity contribution >= 4 is 11.9 Å². The molecule has 2 rings (SSSR count). The summed E-state index contributed by atoms with van der Waals surface area (Å²) in [5.74, 6) is -1.17. The molecule has 9 heteroatoms. The van der Waals surface area contributed by atoms with Gasteiger partial charge in [-0.3, -0.25) is 9.79 Å². The summed E-state index contributed by atoms with van der Waals surface area (Å²) < 4.78 is 38.3. The van der Waals surface area contributed by atoms with Gasteiger partial charge in [-0.2, -0.15) is 13.2 Å². The maximum Gasteiger partial charge on any atom is 0.391 e. The molecule has 0 saturated heterocycles. The number of carbonyl (C=O) groups excluding carboxylic acids is 1. The SMILES string of the molecule is CCNC(=NCCNC(=O)c1ccccc1O)NC1CCC(C(F)(F)F)CC1. The van der Waals surface area contributed by atoms with Gasteiger partial charge in [0.15, 0.2) is 5.96 Å². The van der Waals surface area contributed by atoms with Crippen molar-refractivity contribution in [2.75, 3.05) is 19.6 Å². The van der Waals surface area contributed by atoms with Gasteiger partial charge in [0.1, 0.15) is 5.75 Å². The zero-order chi connectivity index (χ0) is 20.6. The van der Waals surface area contributed by atoms with Crippen LogP contribution in [0.2, 0.25) is 0 Å². The molecule has 4 N–H and O–H groups in total. The second kappa shape index (κ2) is 10.2. The number of aromatic hydroxyl groups is 1. The standard InChI is InChI=1S/C19H27F3N4O2/c1-2-23-18(26-14-9-7-13(8-10-14)19(20,21)22)25-12-11-24-17(28)15-5-3-4-6-16(15)27/h3-6,13-14,27H,2,7-12H2,1H3,(H,24,28)(H2,23,25,26). The van der Waals surface area contributed by atoms with Gasteiger partial charge in [-0.1, -0.05) is 12.1 Å². The molecule has 1 aliphatic rings. The summed E-state index contributed by atoms with van der Waals surface area (Å²) in [4.78, 5) is 16.4. The summed E-state index contributed by atoms with van der Waals surface area (Å²) in [6, 6.07) is 6.21. The Bertz CT molecular complexity index is 671. The molecule has 0 atom stereocenters. The lowest BCUT2D eigenvalue weighted by Crippen LogP contribution is -2.46. The van der Waals surface area contributed by atoms with E-state index in [1.807, 2.05) is 6.92 Å². The highest BCUT2D eigenvalue weighted by molar-refractivity contribution is 5.96. The Hall–Kier alpha value is -2.45. The molecule has 0 spiro atoms. The lowest BCUT2D eigenvalue weighted by Gasteiger charge is -2.31. The Balaban J connectivity index is 1.79. The van der Waals surface area contributed by atoms with Crippen molar-refractivity contribution in [3.8, 4) is 5.75 Å². The Morgan fingerprint density at radius 3 is 2.46 bits per heavy atom. The number of para-hydroxylation sites is 1. The number of phenolic OH excluding ortho intramolecular Hbond substituents is 1. The van der Waals surface area contributed by atoms with Gasteiger partial charge < -0.3 is 21.1 Å². The molecule has 1 aromatic rings. The van der Waals surface area contributed by atoms with Crippen LogP contribution in [-0.2, 0) is 0 Å². The number of rotatable bonds is 6. The minimum absolute atomic E-state index is 0.0488. The van der Waals surface area contributed by atoms with Crippen LogP contribution >= 0.6 is 0 Å². The van der Waals surface area contributed by atoms with Gasteiger partial charge in [0.25, 0.3) is 5.91 Å². The predicted molar refractivity (Wildman–Crippen MR) is 101 cm³/mol. The van der Waals surface area contributed by atoms with Crippen molar-refractivity contribution in [3.05, 3.63) is 29.8 Å². The van der Waals surface area contributed by atoms with Crippen molar-refractivity contribution in [2.24, 2.45) is 10.9 Å². The molecule has 0 unspecified atom stereocenters. The third kappa shape index (κ3) is 6.61. The number of benzene rings is 1. The number of halogens is 3. The summed E-state index contributed by atoms with van der Waals surface area (Å²) in [6.45, 7) is 3.09. The number of hydrogen-bond donors (Lipinski definition) is 4. The summed E-state index contributed by atoms with van der Waals surface area (Å²) in [6.07, 6.45) is -2.99. The minimum Gasteiger partial charge on any atom is -0.507 e. The van der Waals surface area contributed by atoms with Crippen molar-refractivity contribution in [3.63, 3.8) is 0 Å². The van der Waals surface area contributed by atoms with Gasteiger partial charge in [-0.25, -0.2) is 0 Å². The third-order valence-electron chi connectivity index (χ3n) is 4.69. The molecule has 0 radical (unpaired) electrons. The molecule has 0 bridgehead atoms. The molecule has 0 aromatic heterocycles. The first-order valence-electron chi connectivity index (χ1n) is 9.49. The van der Waals surface area contributed by atoms with E-state index in [-0.39, 0.29) is 36.7 Å². The number of carbonyl (C=O) groups is 1. The van der Waals surface area contributed by atoms with Gasteiger partial charge in [-0.15, -0.1) is 0 Å². The fourth-order valence-electron chi connectivity index (χ4n) is 3.18. The zero-order valence-electron chi connectivity index (χ0n) is 15.9. The van der Waals surface area contributed by atoms with Crippen LogP contribution < -0.4 is 16.0 Å². The van der Waals surface area contributed by atoms with Crippen LogP contribution in [0.5, 0.6) is 5.75 Å². The molecular weight excluding hydrogens is 373 g/mol. The number of hydrogen-bond acceptors (Lipinski definition) is 3. The molecular formula is C19H27F3N4O2. The number of phenols is 1. The lowest BCUT2D eigenvalue weighted by atomic mass is 9.85. The van der Waals surface area contributed by atoms with E-state index in [4.69, 9.17) is 0 Å². The van der Waals surface area contributed by atoms with Gasteiger partial charge in [0.2, 0.25) is 0 Å². The summed E-state index contributed by atoms with van der Waals surface area (Å²) in [5.41, 5.74) is 0.193. The summed E-state index contributed by atoms with van der Waals surface area (Å²) in [7, 11) is 0. The van der Waals surface area contributed by atoms with E-state index in [2.05, 4.69) is 20.9 Å². The maximum absolute atomic E-state index is 12.8.